The third-order valence-electron chi connectivity index (χ3n) is 4.67. The number of rotatable bonds is 7. The first-order chi connectivity index (χ1) is 12.0. The smallest absolute Gasteiger partial charge is 0.234 e. The van der Waals surface area contributed by atoms with Gasteiger partial charge in [0.1, 0.15) is 5.01 Å². The number of nitrogens with zero attached hydrogens (tertiary/aromatic N) is 5. The van der Waals surface area contributed by atoms with Crippen molar-refractivity contribution >= 4 is 22.2 Å². The van der Waals surface area contributed by atoms with Gasteiger partial charge in [-0.15, -0.1) is 10.2 Å². The molecular formula is C17H28N6OS. The molecule has 1 saturated heterocycles. The number of amides is 1. The van der Waals surface area contributed by atoms with Gasteiger partial charge in [0, 0.05) is 25.9 Å². The van der Waals surface area contributed by atoms with Crippen molar-refractivity contribution in [3.8, 4) is 0 Å². The van der Waals surface area contributed by atoms with Crippen molar-refractivity contribution in [3.63, 3.8) is 0 Å². The Morgan fingerprint density at radius 1 is 1.32 bits per heavy atom. The Kier molecular flexibility index (Phi) is 6.01. The van der Waals surface area contributed by atoms with Crippen LogP contribution in [0.4, 0.5) is 0 Å². The summed E-state index contributed by atoms with van der Waals surface area (Å²) in [6.45, 7) is 10.7. The number of piperidine rings is 1. The van der Waals surface area contributed by atoms with E-state index in [-0.39, 0.29) is 5.91 Å². The molecule has 7 nitrogen and oxygen atoms in total. The van der Waals surface area contributed by atoms with Gasteiger partial charge in [0.05, 0.1) is 0 Å². The molecule has 8 heteroatoms. The Labute approximate surface area is 152 Å². The molecule has 3 heterocycles. The molecule has 0 aliphatic carbocycles. The number of carbonyl (C=O) groups is 1. The second-order valence-corrected chi connectivity index (χ2v) is 8.42. The lowest BCUT2D eigenvalue weighted by Gasteiger charge is -2.33. The van der Waals surface area contributed by atoms with Crippen molar-refractivity contribution in [3.05, 3.63) is 10.8 Å². The summed E-state index contributed by atoms with van der Waals surface area (Å²) in [6.07, 6.45) is 3.51. The molecule has 138 valence electrons. The second kappa shape index (κ2) is 8.23. The molecule has 2 aromatic heterocycles. The number of nitrogens with one attached hydrogen (secondary N) is 1. The molecule has 0 atom stereocenters. The molecule has 0 unspecified atom stereocenters. The van der Waals surface area contributed by atoms with Crippen LogP contribution in [0.15, 0.2) is 0 Å². The average molecular weight is 365 g/mol. The highest BCUT2D eigenvalue weighted by atomic mass is 32.1. The van der Waals surface area contributed by atoms with Gasteiger partial charge in [0.25, 0.3) is 0 Å². The van der Waals surface area contributed by atoms with E-state index >= 15 is 0 Å². The first-order valence-corrected chi connectivity index (χ1v) is 9.99. The third-order valence-corrected chi connectivity index (χ3v) is 5.63. The van der Waals surface area contributed by atoms with E-state index in [0.29, 0.717) is 18.8 Å². The van der Waals surface area contributed by atoms with Crippen LogP contribution in [0.1, 0.15) is 43.9 Å². The zero-order valence-corrected chi connectivity index (χ0v) is 16.2. The van der Waals surface area contributed by atoms with E-state index in [1.807, 2.05) is 6.92 Å². The van der Waals surface area contributed by atoms with Gasteiger partial charge in [0.2, 0.25) is 10.9 Å². The van der Waals surface area contributed by atoms with E-state index in [1.54, 1.807) is 4.52 Å². The van der Waals surface area contributed by atoms with E-state index in [4.69, 9.17) is 0 Å². The summed E-state index contributed by atoms with van der Waals surface area (Å²) in [4.78, 5) is 15.4. The topological polar surface area (TPSA) is 75.4 Å². The summed E-state index contributed by atoms with van der Waals surface area (Å²) in [5.41, 5.74) is 0. The lowest BCUT2D eigenvalue weighted by molar-refractivity contribution is -0.121. The van der Waals surface area contributed by atoms with Gasteiger partial charge in [-0.25, -0.2) is 0 Å². The maximum absolute atomic E-state index is 12.1. The Bertz CT molecular complexity index is 701. The minimum absolute atomic E-state index is 0.118. The fourth-order valence-corrected chi connectivity index (χ4v) is 4.19. The standard InChI is InChI=1S/C17H28N6OS/c1-12(2)11-22-8-6-14(7-9-22)10-18-15(24)4-5-16-21-23-13(3)19-20-17(23)25-16/h12,14H,4-11H2,1-3H3,(H,18,24). The molecule has 0 saturated carbocycles. The summed E-state index contributed by atoms with van der Waals surface area (Å²) < 4.78 is 1.74. The van der Waals surface area contributed by atoms with Crippen LogP contribution in [-0.4, -0.2) is 56.8 Å². The summed E-state index contributed by atoms with van der Waals surface area (Å²) >= 11 is 1.50. The third kappa shape index (κ3) is 4.98. The van der Waals surface area contributed by atoms with E-state index in [1.165, 1.54) is 30.7 Å². The molecule has 1 fully saturated rings. The van der Waals surface area contributed by atoms with Crippen LogP contribution >= 0.6 is 11.3 Å². The molecule has 1 N–H and O–H groups in total. The van der Waals surface area contributed by atoms with Crippen molar-refractivity contribution in [2.45, 2.75) is 46.5 Å². The number of carbonyl (C=O) groups excluding carboxylic acids is 1. The lowest BCUT2D eigenvalue weighted by Crippen LogP contribution is -2.40. The predicted molar refractivity (Wildman–Crippen MR) is 98.7 cm³/mol. The van der Waals surface area contributed by atoms with Gasteiger partial charge in [-0.2, -0.15) is 9.61 Å². The molecule has 2 aromatic rings. The zero-order chi connectivity index (χ0) is 17.8. The maximum atomic E-state index is 12.1. The Morgan fingerprint density at radius 2 is 2.08 bits per heavy atom. The van der Waals surface area contributed by atoms with Crippen LogP contribution in [0.3, 0.4) is 0 Å². The summed E-state index contributed by atoms with van der Waals surface area (Å²) in [5, 5.41) is 16.5. The second-order valence-electron chi connectivity index (χ2n) is 7.38. The van der Waals surface area contributed by atoms with Gasteiger partial charge >= 0.3 is 0 Å². The zero-order valence-electron chi connectivity index (χ0n) is 15.4. The van der Waals surface area contributed by atoms with E-state index in [0.717, 1.165) is 41.3 Å². The number of aryl methyl sites for hydroxylation is 2. The highest BCUT2D eigenvalue weighted by molar-refractivity contribution is 7.16. The normalized spacial score (nSPS) is 16.8. The van der Waals surface area contributed by atoms with Gasteiger partial charge in [-0.3, -0.25) is 4.79 Å². The molecule has 0 spiro atoms. The van der Waals surface area contributed by atoms with Crippen molar-refractivity contribution in [2.75, 3.05) is 26.2 Å². The SMILES string of the molecule is Cc1nnc2sc(CCC(=O)NCC3CCN(CC(C)C)CC3)nn12. The highest BCUT2D eigenvalue weighted by Crippen LogP contribution is 2.18. The van der Waals surface area contributed by atoms with E-state index < -0.39 is 0 Å². The molecule has 1 aliphatic heterocycles. The highest BCUT2D eigenvalue weighted by Gasteiger charge is 2.20. The number of aromatic nitrogens is 4. The fourth-order valence-electron chi connectivity index (χ4n) is 3.31. The van der Waals surface area contributed by atoms with Crippen LogP contribution in [0, 0.1) is 18.8 Å². The van der Waals surface area contributed by atoms with Crippen LogP contribution in [0.5, 0.6) is 0 Å². The molecular weight excluding hydrogens is 336 g/mol. The average Bonchev–Trinajstić information content (AvgIpc) is 3.14. The number of hydrogen-bond acceptors (Lipinski definition) is 6. The largest absolute Gasteiger partial charge is 0.356 e. The first-order valence-electron chi connectivity index (χ1n) is 9.18. The summed E-state index contributed by atoms with van der Waals surface area (Å²) in [7, 11) is 0. The lowest BCUT2D eigenvalue weighted by atomic mass is 9.96. The van der Waals surface area contributed by atoms with Crippen molar-refractivity contribution in [1.82, 2.24) is 30.0 Å². The summed E-state index contributed by atoms with van der Waals surface area (Å²) in [6, 6.07) is 0. The molecule has 1 amide bonds. The molecule has 0 radical (unpaired) electrons. The predicted octanol–water partition coefficient (Wildman–Crippen LogP) is 1.91. The fraction of sp³-hybridized carbons (Fsp3) is 0.765. The van der Waals surface area contributed by atoms with Crippen LogP contribution in [-0.2, 0) is 11.2 Å². The quantitative estimate of drug-likeness (QED) is 0.812. The minimum atomic E-state index is 0.118. The van der Waals surface area contributed by atoms with E-state index in [9.17, 15) is 4.79 Å². The van der Waals surface area contributed by atoms with Crippen LogP contribution in [0.2, 0.25) is 0 Å². The van der Waals surface area contributed by atoms with Gasteiger partial charge in [-0.05, 0) is 44.7 Å². The van der Waals surface area contributed by atoms with Gasteiger partial charge < -0.3 is 10.2 Å². The van der Waals surface area contributed by atoms with Crippen molar-refractivity contribution in [2.24, 2.45) is 11.8 Å². The molecule has 3 rings (SSSR count). The molecule has 0 bridgehead atoms. The Morgan fingerprint density at radius 3 is 2.76 bits per heavy atom. The maximum Gasteiger partial charge on any atom is 0.234 e. The van der Waals surface area contributed by atoms with Crippen LogP contribution in [0.25, 0.3) is 4.96 Å². The van der Waals surface area contributed by atoms with Gasteiger partial charge in [-0.1, -0.05) is 25.2 Å². The molecule has 25 heavy (non-hydrogen) atoms. The summed E-state index contributed by atoms with van der Waals surface area (Å²) in [5.74, 6) is 2.24. The Hall–Kier alpha value is -1.54. The Balaban J connectivity index is 1.36. The molecule has 0 aromatic carbocycles. The monoisotopic (exact) mass is 364 g/mol. The van der Waals surface area contributed by atoms with E-state index in [2.05, 4.69) is 39.4 Å². The first kappa shape index (κ1) is 18.3. The minimum Gasteiger partial charge on any atom is -0.356 e. The van der Waals surface area contributed by atoms with Gasteiger partial charge in [0.15, 0.2) is 5.82 Å². The van der Waals surface area contributed by atoms with Crippen molar-refractivity contribution in [1.29, 1.82) is 0 Å². The van der Waals surface area contributed by atoms with Crippen LogP contribution < -0.4 is 5.32 Å². The molecule has 1 aliphatic rings. The van der Waals surface area contributed by atoms with Crippen molar-refractivity contribution < 1.29 is 4.79 Å². The number of likely N-dealkylation sites (tertiary alicyclic amines) is 1. The number of fused-ring (bicyclic) bond motifs is 1. The number of hydrogen-bond donors (Lipinski definition) is 1.